The van der Waals surface area contributed by atoms with Gasteiger partial charge in [0, 0.05) is 6.07 Å². The number of fused-ring (bicyclic) bond motifs is 1. The van der Waals surface area contributed by atoms with Gasteiger partial charge in [-0.1, -0.05) is 12.1 Å². The molecule has 0 aliphatic heterocycles. The first-order valence-corrected chi connectivity index (χ1v) is 7.77. The van der Waals surface area contributed by atoms with Gasteiger partial charge in [0.2, 0.25) is 0 Å². The largest absolute Gasteiger partial charge is 0.496 e. The summed E-state index contributed by atoms with van der Waals surface area (Å²) < 4.78 is 16.2. The highest BCUT2D eigenvalue weighted by molar-refractivity contribution is 6.04. The normalized spacial score (nSPS) is 10.7. The molecule has 2 aromatic carbocycles. The number of esters is 1. The fraction of sp³-hybridized carbons (Fsp3) is 0.200. The van der Waals surface area contributed by atoms with Gasteiger partial charge in [-0.05, 0) is 43.2 Å². The minimum absolute atomic E-state index is 0.225. The number of para-hydroxylation sites is 1. The van der Waals surface area contributed by atoms with Crippen LogP contribution in [-0.2, 0) is 4.74 Å². The van der Waals surface area contributed by atoms with Crippen LogP contribution < -0.4 is 10.2 Å². The zero-order chi connectivity index (χ0) is 18.1. The van der Waals surface area contributed by atoms with Gasteiger partial charge >= 0.3 is 5.97 Å². The Morgan fingerprint density at radius 3 is 2.48 bits per heavy atom. The molecule has 5 heteroatoms. The summed E-state index contributed by atoms with van der Waals surface area (Å²) in [6, 6.07) is 10.4. The average Bonchev–Trinajstić information content (AvgIpc) is 2.62. The fourth-order valence-corrected chi connectivity index (χ4v) is 2.85. The number of carbonyl (C=O) groups excluding carboxylic acids is 1. The van der Waals surface area contributed by atoms with Crippen molar-refractivity contribution in [2.75, 3.05) is 14.2 Å². The van der Waals surface area contributed by atoms with Gasteiger partial charge in [-0.25, -0.2) is 4.79 Å². The molecule has 0 bridgehead atoms. The average molecular weight is 338 g/mol. The Kier molecular flexibility index (Phi) is 4.31. The van der Waals surface area contributed by atoms with E-state index >= 15 is 0 Å². The van der Waals surface area contributed by atoms with Gasteiger partial charge in [-0.3, -0.25) is 4.79 Å². The van der Waals surface area contributed by atoms with Gasteiger partial charge in [-0.2, -0.15) is 0 Å². The summed E-state index contributed by atoms with van der Waals surface area (Å²) in [5.41, 5.74) is 2.45. The molecule has 0 amide bonds. The third-order valence-electron chi connectivity index (χ3n) is 4.30. The molecular weight excluding hydrogens is 320 g/mol. The van der Waals surface area contributed by atoms with E-state index in [4.69, 9.17) is 13.9 Å². The van der Waals surface area contributed by atoms with Gasteiger partial charge < -0.3 is 13.9 Å². The summed E-state index contributed by atoms with van der Waals surface area (Å²) in [6.45, 7) is 3.64. The molecule has 0 aliphatic carbocycles. The molecule has 3 rings (SSSR count). The minimum Gasteiger partial charge on any atom is -0.496 e. The van der Waals surface area contributed by atoms with Crippen LogP contribution in [0.25, 0.3) is 22.3 Å². The first-order chi connectivity index (χ1) is 12.0. The Bertz CT molecular complexity index is 1030. The summed E-state index contributed by atoms with van der Waals surface area (Å²) in [6.07, 6.45) is 0. The van der Waals surface area contributed by atoms with Gasteiger partial charge in [0.15, 0.2) is 11.0 Å². The Morgan fingerprint density at radius 1 is 1.08 bits per heavy atom. The molecule has 0 saturated carbocycles. The molecule has 128 valence electrons. The zero-order valence-corrected chi connectivity index (χ0v) is 14.5. The number of ether oxygens (including phenoxy) is 2. The van der Waals surface area contributed by atoms with Gasteiger partial charge in [0.25, 0.3) is 0 Å². The highest BCUT2D eigenvalue weighted by Gasteiger charge is 2.21. The van der Waals surface area contributed by atoms with Crippen molar-refractivity contribution in [3.63, 3.8) is 0 Å². The minimum atomic E-state index is -0.536. The standard InChI is InChI=1S/C20H18O5/c1-11-9-14-15(21)10-17(13-7-5-6-8-16(13)23-3)25-19(14)18(12(11)2)20(22)24-4/h5-10H,1-4H3. The lowest BCUT2D eigenvalue weighted by Crippen LogP contribution is -2.10. The van der Waals surface area contributed by atoms with Crippen LogP contribution in [0.15, 0.2) is 45.6 Å². The number of rotatable bonds is 3. The van der Waals surface area contributed by atoms with Crippen LogP contribution >= 0.6 is 0 Å². The molecule has 0 aliphatic rings. The van der Waals surface area contributed by atoms with E-state index in [2.05, 4.69) is 0 Å². The van der Waals surface area contributed by atoms with E-state index in [9.17, 15) is 9.59 Å². The lowest BCUT2D eigenvalue weighted by Gasteiger charge is -2.12. The Morgan fingerprint density at radius 2 is 1.80 bits per heavy atom. The van der Waals surface area contributed by atoms with E-state index < -0.39 is 5.97 Å². The van der Waals surface area contributed by atoms with Crippen molar-refractivity contribution in [2.24, 2.45) is 0 Å². The molecule has 1 aromatic heterocycles. The number of aryl methyl sites for hydroxylation is 1. The summed E-state index contributed by atoms with van der Waals surface area (Å²) in [7, 11) is 2.85. The molecule has 0 atom stereocenters. The predicted octanol–water partition coefficient (Wildman–Crippen LogP) is 3.87. The lowest BCUT2D eigenvalue weighted by molar-refractivity contribution is 0.0601. The molecule has 3 aromatic rings. The number of benzene rings is 2. The molecule has 25 heavy (non-hydrogen) atoms. The van der Waals surface area contributed by atoms with Gasteiger partial charge in [0.05, 0.1) is 25.2 Å². The maximum atomic E-state index is 12.6. The first-order valence-electron chi connectivity index (χ1n) is 7.77. The van der Waals surface area contributed by atoms with Crippen LogP contribution in [0.1, 0.15) is 21.5 Å². The monoisotopic (exact) mass is 338 g/mol. The lowest BCUT2D eigenvalue weighted by atomic mass is 9.99. The molecule has 0 unspecified atom stereocenters. The van der Waals surface area contributed by atoms with Crippen LogP contribution in [0.3, 0.4) is 0 Å². The maximum Gasteiger partial charge on any atom is 0.341 e. The molecule has 5 nitrogen and oxygen atoms in total. The van der Waals surface area contributed by atoms with Crippen molar-refractivity contribution in [1.29, 1.82) is 0 Å². The van der Waals surface area contributed by atoms with E-state index in [0.717, 1.165) is 11.1 Å². The molecule has 0 fully saturated rings. The van der Waals surface area contributed by atoms with E-state index in [1.165, 1.54) is 13.2 Å². The van der Waals surface area contributed by atoms with Crippen LogP contribution in [0.5, 0.6) is 5.75 Å². The van der Waals surface area contributed by atoms with Crippen molar-refractivity contribution in [1.82, 2.24) is 0 Å². The Labute approximate surface area is 144 Å². The molecule has 0 radical (unpaired) electrons. The number of hydrogen-bond donors (Lipinski definition) is 0. The van der Waals surface area contributed by atoms with E-state index in [1.54, 1.807) is 32.2 Å². The summed E-state index contributed by atoms with van der Waals surface area (Å²) in [5.74, 6) is 0.378. The Balaban J connectivity index is 2.41. The fourth-order valence-electron chi connectivity index (χ4n) is 2.85. The van der Waals surface area contributed by atoms with Crippen molar-refractivity contribution in [2.45, 2.75) is 13.8 Å². The highest BCUT2D eigenvalue weighted by Crippen LogP contribution is 2.32. The van der Waals surface area contributed by atoms with Crippen LogP contribution in [0.2, 0.25) is 0 Å². The van der Waals surface area contributed by atoms with Crippen LogP contribution in [-0.4, -0.2) is 20.2 Å². The quantitative estimate of drug-likeness (QED) is 0.678. The number of carbonyl (C=O) groups is 1. The van der Waals surface area contributed by atoms with Crippen molar-refractivity contribution in [3.05, 3.63) is 63.3 Å². The highest BCUT2D eigenvalue weighted by atomic mass is 16.5. The number of methoxy groups -OCH3 is 2. The topological polar surface area (TPSA) is 65.7 Å². The molecule has 0 N–H and O–H groups in total. The zero-order valence-electron chi connectivity index (χ0n) is 14.5. The van der Waals surface area contributed by atoms with Crippen LogP contribution in [0, 0.1) is 13.8 Å². The molecule has 1 heterocycles. The van der Waals surface area contributed by atoms with E-state index in [-0.39, 0.29) is 16.6 Å². The molecule has 0 spiro atoms. The molecule has 0 saturated heterocycles. The smallest absolute Gasteiger partial charge is 0.341 e. The van der Waals surface area contributed by atoms with E-state index in [0.29, 0.717) is 22.5 Å². The first kappa shape index (κ1) is 16.8. The molecular formula is C20H18O5. The summed E-state index contributed by atoms with van der Waals surface area (Å²) in [5, 5.41) is 0.349. The van der Waals surface area contributed by atoms with Crippen molar-refractivity contribution in [3.8, 4) is 17.1 Å². The number of hydrogen-bond acceptors (Lipinski definition) is 5. The van der Waals surface area contributed by atoms with Crippen LogP contribution in [0.4, 0.5) is 0 Å². The SMILES string of the molecule is COC(=O)c1c(C)c(C)cc2c(=O)cc(-c3ccccc3OC)oc12. The second-order valence-electron chi connectivity index (χ2n) is 5.74. The van der Waals surface area contributed by atoms with Gasteiger partial charge in [-0.15, -0.1) is 0 Å². The second kappa shape index (κ2) is 6.43. The summed E-state index contributed by atoms with van der Waals surface area (Å²) in [4.78, 5) is 24.9. The predicted molar refractivity (Wildman–Crippen MR) is 95.3 cm³/mol. The Hall–Kier alpha value is -3.08. The van der Waals surface area contributed by atoms with Gasteiger partial charge in [0.1, 0.15) is 17.1 Å². The van der Waals surface area contributed by atoms with Crippen molar-refractivity contribution >= 4 is 16.9 Å². The third-order valence-corrected chi connectivity index (χ3v) is 4.30. The van der Waals surface area contributed by atoms with E-state index in [1.807, 2.05) is 19.1 Å². The second-order valence-corrected chi connectivity index (χ2v) is 5.74. The summed E-state index contributed by atoms with van der Waals surface area (Å²) >= 11 is 0. The van der Waals surface area contributed by atoms with Crippen molar-refractivity contribution < 1.29 is 18.7 Å². The third kappa shape index (κ3) is 2.78. The maximum absolute atomic E-state index is 12.6.